The Hall–Kier alpha value is -3.10. The predicted octanol–water partition coefficient (Wildman–Crippen LogP) is 3.23. The molecule has 32 heavy (non-hydrogen) atoms. The summed E-state index contributed by atoms with van der Waals surface area (Å²) < 4.78 is 7.28. The zero-order valence-corrected chi connectivity index (χ0v) is 19.5. The van der Waals surface area contributed by atoms with Crippen molar-refractivity contribution in [3.8, 4) is 5.75 Å². The van der Waals surface area contributed by atoms with Gasteiger partial charge >= 0.3 is 5.97 Å². The van der Waals surface area contributed by atoms with Crippen molar-refractivity contribution >= 4 is 35.1 Å². The molecule has 1 atom stereocenters. The van der Waals surface area contributed by atoms with E-state index >= 15 is 0 Å². The number of benzene rings is 2. The van der Waals surface area contributed by atoms with E-state index in [0.29, 0.717) is 26.2 Å². The van der Waals surface area contributed by atoms with E-state index in [1.165, 1.54) is 11.3 Å². The molecule has 0 bridgehead atoms. The molecule has 1 aliphatic rings. The van der Waals surface area contributed by atoms with Gasteiger partial charge in [0, 0.05) is 10.5 Å². The second kappa shape index (κ2) is 9.18. The highest BCUT2D eigenvalue weighted by atomic mass is 32.2. The number of aromatic nitrogens is 1. The summed E-state index contributed by atoms with van der Waals surface area (Å²) in [4.78, 5) is 32.5. The lowest BCUT2D eigenvalue weighted by atomic mass is 9.96. The van der Waals surface area contributed by atoms with Gasteiger partial charge in [0.25, 0.3) is 5.56 Å². The van der Waals surface area contributed by atoms with Crippen molar-refractivity contribution in [2.45, 2.75) is 24.8 Å². The van der Waals surface area contributed by atoms with E-state index < -0.39 is 12.0 Å². The topological polar surface area (TPSA) is 80.9 Å². The van der Waals surface area contributed by atoms with Gasteiger partial charge in [-0.1, -0.05) is 41.7 Å². The molecular formula is C24H22N2O4S2. The van der Waals surface area contributed by atoms with Crippen LogP contribution >= 0.6 is 23.1 Å². The lowest BCUT2D eigenvalue weighted by molar-refractivity contribution is -0.139. The molecule has 1 aromatic heterocycles. The average Bonchev–Trinajstić information content (AvgIpc) is 3.09. The molecule has 0 radical (unpaired) electrons. The number of carbonyl (C=O) groups excluding carboxylic acids is 1. The lowest BCUT2D eigenvalue weighted by Crippen LogP contribution is -2.39. The normalized spacial score (nSPS) is 16.0. The molecule has 8 heteroatoms. The van der Waals surface area contributed by atoms with Crippen molar-refractivity contribution in [2.24, 2.45) is 4.99 Å². The van der Waals surface area contributed by atoms with Crippen LogP contribution in [0.25, 0.3) is 6.08 Å². The van der Waals surface area contributed by atoms with E-state index in [1.54, 1.807) is 60.5 Å². The van der Waals surface area contributed by atoms with Gasteiger partial charge in [0.15, 0.2) is 4.80 Å². The van der Waals surface area contributed by atoms with Gasteiger partial charge in [0.05, 0.1) is 28.5 Å². The first-order valence-electron chi connectivity index (χ1n) is 10.1. The monoisotopic (exact) mass is 466 g/mol. The number of nitrogens with zero attached hydrogens (tertiary/aromatic N) is 2. The number of thioether (sulfide) groups is 1. The van der Waals surface area contributed by atoms with Crippen molar-refractivity contribution in [2.75, 3.05) is 12.9 Å². The third-order valence-corrected chi connectivity index (χ3v) is 6.90. The van der Waals surface area contributed by atoms with E-state index in [9.17, 15) is 14.7 Å². The van der Waals surface area contributed by atoms with Crippen LogP contribution in [0.15, 0.2) is 74.5 Å². The molecule has 1 N–H and O–H groups in total. The molecule has 6 nitrogen and oxygen atoms in total. The first kappa shape index (κ1) is 22.1. The Morgan fingerprint density at radius 1 is 1.25 bits per heavy atom. The smallest absolute Gasteiger partial charge is 0.338 e. The largest absolute Gasteiger partial charge is 0.507 e. The first-order valence-corrected chi connectivity index (χ1v) is 12.1. The van der Waals surface area contributed by atoms with Crippen molar-refractivity contribution < 1.29 is 14.6 Å². The Kier molecular flexibility index (Phi) is 6.34. The highest BCUT2D eigenvalue weighted by Gasteiger charge is 2.33. The molecule has 164 valence electrons. The van der Waals surface area contributed by atoms with E-state index in [4.69, 9.17) is 4.74 Å². The lowest BCUT2D eigenvalue weighted by Gasteiger charge is -2.24. The number of esters is 1. The average molecular weight is 467 g/mol. The van der Waals surface area contributed by atoms with Crippen LogP contribution in [0.3, 0.4) is 0 Å². The van der Waals surface area contributed by atoms with Crippen LogP contribution in [0.4, 0.5) is 0 Å². The minimum absolute atomic E-state index is 0.0888. The second-order valence-electron chi connectivity index (χ2n) is 7.13. The van der Waals surface area contributed by atoms with Gasteiger partial charge in [-0.2, -0.15) is 0 Å². The number of phenols is 1. The number of hydrogen-bond donors (Lipinski definition) is 1. The summed E-state index contributed by atoms with van der Waals surface area (Å²) in [5.74, 6) is -0.395. The zero-order valence-electron chi connectivity index (χ0n) is 17.9. The van der Waals surface area contributed by atoms with Crippen molar-refractivity contribution in [3.05, 3.63) is 90.6 Å². The number of ether oxygens (including phenoxy) is 1. The maximum atomic E-state index is 13.5. The predicted molar refractivity (Wildman–Crippen MR) is 127 cm³/mol. The molecule has 0 saturated heterocycles. The molecule has 1 aliphatic heterocycles. The third kappa shape index (κ3) is 4.03. The van der Waals surface area contributed by atoms with Gasteiger partial charge in [-0.3, -0.25) is 9.36 Å². The fourth-order valence-corrected chi connectivity index (χ4v) is 5.09. The van der Waals surface area contributed by atoms with Crippen molar-refractivity contribution in [1.82, 2.24) is 4.57 Å². The van der Waals surface area contributed by atoms with Gasteiger partial charge < -0.3 is 9.84 Å². The van der Waals surface area contributed by atoms with E-state index in [-0.39, 0.29) is 17.9 Å². The molecule has 4 rings (SSSR count). The van der Waals surface area contributed by atoms with Crippen LogP contribution in [-0.4, -0.2) is 28.5 Å². The Morgan fingerprint density at radius 3 is 2.62 bits per heavy atom. The van der Waals surface area contributed by atoms with Crippen LogP contribution in [0.5, 0.6) is 5.75 Å². The number of aromatic hydroxyl groups is 1. The molecule has 0 unspecified atom stereocenters. The summed E-state index contributed by atoms with van der Waals surface area (Å²) in [6.45, 7) is 3.73. The molecule has 0 aliphatic carbocycles. The van der Waals surface area contributed by atoms with Gasteiger partial charge in [-0.15, -0.1) is 11.8 Å². The number of carbonyl (C=O) groups is 1. The fourth-order valence-electron chi connectivity index (χ4n) is 3.64. The summed E-state index contributed by atoms with van der Waals surface area (Å²) in [6.07, 6.45) is 3.64. The summed E-state index contributed by atoms with van der Waals surface area (Å²) >= 11 is 2.85. The van der Waals surface area contributed by atoms with Crippen molar-refractivity contribution in [3.63, 3.8) is 0 Å². The maximum Gasteiger partial charge on any atom is 0.338 e. The molecule has 0 fully saturated rings. The number of thiazole rings is 1. The molecule has 3 aromatic rings. The number of phenolic OH excluding ortho intramolecular Hbond substituents is 1. The van der Waals surface area contributed by atoms with Crippen LogP contribution in [-0.2, 0) is 9.53 Å². The minimum Gasteiger partial charge on any atom is -0.507 e. The highest BCUT2D eigenvalue weighted by Crippen LogP contribution is 2.31. The Balaban J connectivity index is 1.96. The number of allylic oxidation sites excluding steroid dienone is 1. The van der Waals surface area contributed by atoms with E-state index in [2.05, 4.69) is 4.99 Å². The number of fused-ring (bicyclic) bond motifs is 1. The number of para-hydroxylation sites is 1. The fraction of sp³-hybridized carbons (Fsp3) is 0.208. The van der Waals surface area contributed by atoms with Gasteiger partial charge in [0.1, 0.15) is 5.75 Å². The summed E-state index contributed by atoms with van der Waals surface area (Å²) in [5, 5.41) is 10.1. The summed E-state index contributed by atoms with van der Waals surface area (Å²) in [6, 6.07) is 14.0. The second-order valence-corrected chi connectivity index (χ2v) is 9.02. The third-order valence-electron chi connectivity index (χ3n) is 5.17. The highest BCUT2D eigenvalue weighted by molar-refractivity contribution is 7.98. The molecule has 2 heterocycles. The molecule has 2 aromatic carbocycles. The molecule has 0 spiro atoms. The minimum atomic E-state index is -0.646. The quantitative estimate of drug-likeness (QED) is 0.461. The SMILES string of the molecule is CCOC(=O)C1=C(C)N=c2s/c(=C/c3ccccc3O)c(=O)n2[C@@H]1c1ccc(SC)cc1. The number of hydrogen-bond acceptors (Lipinski definition) is 7. The Morgan fingerprint density at radius 2 is 1.97 bits per heavy atom. The Bertz CT molecular complexity index is 1380. The van der Waals surface area contributed by atoms with E-state index in [0.717, 1.165) is 10.5 Å². The standard InChI is InChI=1S/C24H22N2O4S2/c1-4-30-23(29)20-14(2)25-24-26(21(20)15-9-11-17(31-3)12-10-15)22(28)19(32-24)13-16-7-5-6-8-18(16)27/h5-13,21,27H,4H2,1-3H3/b19-13+/t21-/m1/s1. The van der Waals surface area contributed by atoms with Gasteiger partial charge in [-0.05, 0) is 49.9 Å². The van der Waals surface area contributed by atoms with Gasteiger partial charge in [-0.25, -0.2) is 9.79 Å². The maximum absolute atomic E-state index is 13.5. The van der Waals surface area contributed by atoms with Crippen LogP contribution in [0.2, 0.25) is 0 Å². The Labute approximate surface area is 193 Å². The summed E-state index contributed by atoms with van der Waals surface area (Å²) in [5.41, 5.74) is 1.95. The van der Waals surface area contributed by atoms with Gasteiger partial charge in [0.2, 0.25) is 0 Å². The summed E-state index contributed by atoms with van der Waals surface area (Å²) in [7, 11) is 0. The van der Waals surface area contributed by atoms with Crippen LogP contribution < -0.4 is 14.9 Å². The van der Waals surface area contributed by atoms with Crippen LogP contribution in [0, 0.1) is 0 Å². The van der Waals surface area contributed by atoms with Crippen molar-refractivity contribution in [1.29, 1.82) is 0 Å². The molecule has 0 amide bonds. The van der Waals surface area contributed by atoms with E-state index in [1.807, 2.05) is 30.5 Å². The van der Waals surface area contributed by atoms with Crippen LogP contribution in [0.1, 0.15) is 31.0 Å². The first-order chi connectivity index (χ1) is 15.4. The molecular weight excluding hydrogens is 444 g/mol. The zero-order chi connectivity index (χ0) is 22.8. The molecule has 0 saturated carbocycles. The number of rotatable bonds is 5.